The molecule has 3 atom stereocenters. The Hall–Kier alpha value is 0.260. The lowest BCUT2D eigenvalue weighted by Crippen LogP contribution is -2.50. The van der Waals surface area contributed by atoms with Crippen LogP contribution in [0.2, 0.25) is 0 Å². The molecule has 1 saturated carbocycles. The third kappa shape index (κ3) is 2.02. The van der Waals surface area contributed by atoms with Gasteiger partial charge in [-0.3, -0.25) is 4.99 Å². The van der Waals surface area contributed by atoms with Crippen molar-refractivity contribution in [1.82, 2.24) is 4.90 Å². The molecule has 1 aliphatic carbocycles. The summed E-state index contributed by atoms with van der Waals surface area (Å²) in [7, 11) is 0. The standard InChI is InChI=1S/C11H17BrN2OS/c12-6-8-7-13-11(16-8)14-4-5-15-10-3-1-2-9(10)14/h8-10H,1-7H2. The minimum atomic E-state index is 0.472. The predicted molar refractivity (Wildman–Crippen MR) is 71.6 cm³/mol. The van der Waals surface area contributed by atoms with Crippen molar-refractivity contribution < 1.29 is 4.74 Å². The highest BCUT2D eigenvalue weighted by Crippen LogP contribution is 2.34. The van der Waals surface area contributed by atoms with Gasteiger partial charge in [-0.25, -0.2) is 0 Å². The maximum absolute atomic E-state index is 5.83. The van der Waals surface area contributed by atoms with Crippen molar-refractivity contribution in [1.29, 1.82) is 0 Å². The van der Waals surface area contributed by atoms with Crippen molar-refractivity contribution in [2.75, 3.05) is 25.0 Å². The van der Waals surface area contributed by atoms with Crippen LogP contribution in [0.3, 0.4) is 0 Å². The second-order valence-electron chi connectivity index (χ2n) is 4.62. The normalized spacial score (nSPS) is 38.7. The molecule has 2 aliphatic heterocycles. The van der Waals surface area contributed by atoms with Gasteiger partial charge in [-0.1, -0.05) is 27.7 Å². The summed E-state index contributed by atoms with van der Waals surface area (Å²) in [5.41, 5.74) is 0. The average molecular weight is 305 g/mol. The van der Waals surface area contributed by atoms with E-state index in [4.69, 9.17) is 9.73 Å². The summed E-state index contributed by atoms with van der Waals surface area (Å²) in [6.07, 6.45) is 4.30. The van der Waals surface area contributed by atoms with E-state index < -0.39 is 0 Å². The first-order chi connectivity index (χ1) is 7.88. The number of amidine groups is 1. The fourth-order valence-electron chi connectivity index (χ4n) is 2.81. The highest BCUT2D eigenvalue weighted by atomic mass is 79.9. The van der Waals surface area contributed by atoms with Crippen molar-refractivity contribution in [2.24, 2.45) is 4.99 Å². The molecule has 0 aromatic rings. The van der Waals surface area contributed by atoms with Crippen LogP contribution in [0.4, 0.5) is 0 Å². The molecule has 0 aromatic heterocycles. The fraction of sp³-hybridized carbons (Fsp3) is 0.909. The summed E-state index contributed by atoms with van der Waals surface area (Å²) in [5.74, 6) is 0. The molecule has 3 nitrogen and oxygen atoms in total. The first-order valence-electron chi connectivity index (χ1n) is 6.04. The number of hydrogen-bond donors (Lipinski definition) is 0. The molecular weight excluding hydrogens is 288 g/mol. The Labute approximate surface area is 109 Å². The largest absolute Gasteiger partial charge is 0.374 e. The van der Waals surface area contributed by atoms with E-state index in [2.05, 4.69) is 20.8 Å². The number of halogens is 1. The Kier molecular flexibility index (Phi) is 3.45. The van der Waals surface area contributed by atoms with Gasteiger partial charge in [0.25, 0.3) is 0 Å². The van der Waals surface area contributed by atoms with Gasteiger partial charge < -0.3 is 9.64 Å². The fourth-order valence-corrected chi connectivity index (χ4v) is 4.43. The summed E-state index contributed by atoms with van der Waals surface area (Å²) in [5, 5.41) is 2.95. The molecule has 0 N–H and O–H groups in total. The zero-order valence-corrected chi connectivity index (χ0v) is 11.7. The van der Waals surface area contributed by atoms with Crippen LogP contribution in [0.25, 0.3) is 0 Å². The lowest BCUT2D eigenvalue weighted by atomic mass is 10.1. The molecule has 0 radical (unpaired) electrons. The molecule has 3 rings (SSSR count). The van der Waals surface area contributed by atoms with Crippen molar-refractivity contribution >= 4 is 32.9 Å². The smallest absolute Gasteiger partial charge is 0.160 e. The predicted octanol–water partition coefficient (Wildman–Crippen LogP) is 2.11. The topological polar surface area (TPSA) is 24.8 Å². The molecule has 2 heterocycles. The molecule has 1 saturated heterocycles. The van der Waals surface area contributed by atoms with Crippen LogP contribution < -0.4 is 0 Å². The molecule has 3 unspecified atom stereocenters. The lowest BCUT2D eigenvalue weighted by molar-refractivity contribution is -0.0281. The molecule has 2 fully saturated rings. The molecule has 0 bridgehead atoms. The monoisotopic (exact) mass is 304 g/mol. The first kappa shape index (κ1) is 11.4. The number of nitrogens with zero attached hydrogens (tertiary/aromatic N) is 2. The maximum Gasteiger partial charge on any atom is 0.160 e. The van der Waals surface area contributed by atoms with E-state index in [-0.39, 0.29) is 0 Å². The summed E-state index contributed by atoms with van der Waals surface area (Å²) < 4.78 is 5.83. The molecule has 90 valence electrons. The summed E-state index contributed by atoms with van der Waals surface area (Å²) >= 11 is 5.49. The van der Waals surface area contributed by atoms with Crippen molar-refractivity contribution in [3.8, 4) is 0 Å². The Morgan fingerprint density at radius 1 is 1.50 bits per heavy atom. The molecule has 0 amide bonds. The molecule has 3 aliphatic rings. The van der Waals surface area contributed by atoms with Gasteiger partial charge in [0.05, 0.1) is 25.3 Å². The van der Waals surface area contributed by atoms with Gasteiger partial charge in [-0.2, -0.15) is 0 Å². The maximum atomic E-state index is 5.83. The number of hydrogen-bond acceptors (Lipinski definition) is 4. The van der Waals surface area contributed by atoms with Gasteiger partial charge in [0.1, 0.15) is 0 Å². The minimum absolute atomic E-state index is 0.472. The molecule has 5 heteroatoms. The number of rotatable bonds is 1. The second-order valence-corrected chi connectivity index (χ2v) is 6.53. The number of aliphatic imine (C=N–C) groups is 1. The van der Waals surface area contributed by atoms with Crippen LogP contribution in [0.15, 0.2) is 4.99 Å². The number of alkyl halides is 1. The number of fused-ring (bicyclic) bond motifs is 1. The third-order valence-corrected chi connectivity index (χ3v) is 6.04. The number of morpholine rings is 1. The van der Waals surface area contributed by atoms with Gasteiger partial charge in [-0.05, 0) is 19.3 Å². The van der Waals surface area contributed by atoms with E-state index in [1.165, 1.54) is 24.4 Å². The highest BCUT2D eigenvalue weighted by Gasteiger charge is 2.39. The van der Waals surface area contributed by atoms with Gasteiger partial charge in [-0.15, -0.1) is 0 Å². The second kappa shape index (κ2) is 4.86. The van der Waals surface area contributed by atoms with Crippen LogP contribution in [0.1, 0.15) is 19.3 Å². The third-order valence-electron chi connectivity index (χ3n) is 3.60. The van der Waals surface area contributed by atoms with Gasteiger partial charge in [0.15, 0.2) is 5.17 Å². The molecule has 0 spiro atoms. The van der Waals surface area contributed by atoms with E-state index in [1.54, 1.807) is 0 Å². The highest BCUT2D eigenvalue weighted by molar-refractivity contribution is 9.09. The molecule has 0 aromatic carbocycles. The molecule has 16 heavy (non-hydrogen) atoms. The summed E-state index contributed by atoms with van der Waals surface area (Å²) in [6, 6.07) is 0.606. The van der Waals surface area contributed by atoms with Crippen LogP contribution in [0.5, 0.6) is 0 Å². The van der Waals surface area contributed by atoms with Gasteiger partial charge in [0, 0.05) is 17.1 Å². The number of ether oxygens (including phenoxy) is 1. The summed E-state index contributed by atoms with van der Waals surface area (Å²) in [6.45, 7) is 2.88. The van der Waals surface area contributed by atoms with Crippen molar-refractivity contribution in [3.63, 3.8) is 0 Å². The van der Waals surface area contributed by atoms with Crippen LogP contribution in [-0.2, 0) is 4.74 Å². The number of thioether (sulfide) groups is 1. The average Bonchev–Trinajstić information content (AvgIpc) is 2.97. The van der Waals surface area contributed by atoms with Crippen LogP contribution in [-0.4, -0.2) is 52.5 Å². The van der Waals surface area contributed by atoms with Crippen molar-refractivity contribution in [2.45, 2.75) is 36.7 Å². The zero-order chi connectivity index (χ0) is 11.0. The minimum Gasteiger partial charge on any atom is -0.374 e. The van der Waals surface area contributed by atoms with E-state index in [0.29, 0.717) is 17.4 Å². The Balaban J connectivity index is 1.69. The van der Waals surface area contributed by atoms with E-state index in [9.17, 15) is 0 Å². The molecular formula is C11H17BrN2OS. The van der Waals surface area contributed by atoms with Crippen molar-refractivity contribution in [3.05, 3.63) is 0 Å². The Morgan fingerprint density at radius 3 is 3.25 bits per heavy atom. The van der Waals surface area contributed by atoms with Gasteiger partial charge in [0.2, 0.25) is 0 Å². The SMILES string of the molecule is BrCC1CN=C(N2CCOC3CCCC32)S1. The van der Waals surface area contributed by atoms with E-state index >= 15 is 0 Å². The zero-order valence-electron chi connectivity index (χ0n) is 9.27. The van der Waals surface area contributed by atoms with Crippen LogP contribution >= 0.6 is 27.7 Å². The quantitative estimate of drug-likeness (QED) is 0.694. The van der Waals surface area contributed by atoms with E-state index in [1.807, 2.05) is 11.8 Å². The Bertz CT molecular complexity index is 300. The Morgan fingerprint density at radius 2 is 2.44 bits per heavy atom. The lowest BCUT2D eigenvalue weighted by Gasteiger charge is -2.38. The van der Waals surface area contributed by atoms with Gasteiger partial charge >= 0.3 is 0 Å². The van der Waals surface area contributed by atoms with E-state index in [0.717, 1.165) is 25.0 Å². The first-order valence-corrected chi connectivity index (χ1v) is 8.04. The van der Waals surface area contributed by atoms with Crippen LogP contribution in [0, 0.1) is 0 Å². The summed E-state index contributed by atoms with van der Waals surface area (Å²) in [4.78, 5) is 7.20.